The first-order valence-electron chi connectivity index (χ1n) is 13.4. The summed E-state index contributed by atoms with van der Waals surface area (Å²) in [6.07, 6.45) is 4.60. The highest BCUT2D eigenvalue weighted by atomic mass is 16.4. The number of primary amides is 2. The number of carbonyl (C=O) groups excluding carboxylic acids is 2. The smallest absolute Gasteiger partial charge is 0.336 e. The molecular formula is C32H30N2O6. The molecule has 0 saturated carbocycles. The summed E-state index contributed by atoms with van der Waals surface area (Å²) >= 11 is 0. The summed E-state index contributed by atoms with van der Waals surface area (Å²) in [5.74, 6) is -3.56. The lowest BCUT2D eigenvalue weighted by molar-refractivity contribution is 0.0695. The van der Waals surface area contributed by atoms with Crippen molar-refractivity contribution in [2.75, 3.05) is 0 Å². The largest absolute Gasteiger partial charge is 0.478 e. The maximum Gasteiger partial charge on any atom is 0.336 e. The van der Waals surface area contributed by atoms with Crippen LogP contribution in [0.25, 0.3) is 43.1 Å². The Hall–Kier alpha value is -4.72. The summed E-state index contributed by atoms with van der Waals surface area (Å²) in [5.41, 5.74) is 12.6. The van der Waals surface area contributed by atoms with Crippen LogP contribution in [0.4, 0.5) is 0 Å². The number of hydrogen-bond donors (Lipinski definition) is 4. The van der Waals surface area contributed by atoms with Crippen LogP contribution in [0.5, 0.6) is 0 Å². The zero-order valence-electron chi connectivity index (χ0n) is 22.3. The van der Waals surface area contributed by atoms with E-state index in [1.165, 1.54) is 18.2 Å². The van der Waals surface area contributed by atoms with E-state index in [-0.39, 0.29) is 27.6 Å². The van der Waals surface area contributed by atoms with Gasteiger partial charge in [0.2, 0.25) is 11.8 Å². The highest BCUT2D eigenvalue weighted by Gasteiger charge is 2.27. The normalized spacial score (nSPS) is 12.4. The number of aromatic carboxylic acids is 2. The predicted octanol–water partition coefficient (Wildman–Crippen LogP) is 6.09. The van der Waals surface area contributed by atoms with E-state index in [1.54, 1.807) is 24.3 Å². The Morgan fingerprint density at radius 1 is 0.675 bits per heavy atom. The summed E-state index contributed by atoms with van der Waals surface area (Å²) < 4.78 is 0. The van der Waals surface area contributed by atoms with Crippen LogP contribution < -0.4 is 11.5 Å². The minimum Gasteiger partial charge on any atom is -0.478 e. The van der Waals surface area contributed by atoms with Crippen molar-refractivity contribution in [3.63, 3.8) is 0 Å². The van der Waals surface area contributed by atoms with Crippen LogP contribution in [0, 0.1) is 5.92 Å². The van der Waals surface area contributed by atoms with E-state index in [4.69, 9.17) is 11.5 Å². The molecule has 0 aliphatic rings. The lowest BCUT2D eigenvalue weighted by Crippen LogP contribution is -2.18. The number of unbranched alkanes of at least 4 members (excludes halogenated alkanes) is 1. The number of rotatable bonds is 10. The Morgan fingerprint density at radius 2 is 1.20 bits per heavy atom. The highest BCUT2D eigenvalue weighted by Crippen LogP contribution is 2.46. The molecule has 1 atom stereocenters. The van der Waals surface area contributed by atoms with Gasteiger partial charge in [0.15, 0.2) is 0 Å². The van der Waals surface area contributed by atoms with Gasteiger partial charge in [0.05, 0.1) is 11.1 Å². The molecular weight excluding hydrogens is 508 g/mol. The van der Waals surface area contributed by atoms with Gasteiger partial charge in [0, 0.05) is 21.9 Å². The fourth-order valence-corrected chi connectivity index (χ4v) is 6.25. The molecule has 1 unspecified atom stereocenters. The van der Waals surface area contributed by atoms with E-state index in [2.05, 4.69) is 13.8 Å². The quantitative estimate of drug-likeness (QED) is 0.124. The molecule has 8 nitrogen and oxygen atoms in total. The molecule has 0 aliphatic heterocycles. The Kier molecular flexibility index (Phi) is 6.79. The van der Waals surface area contributed by atoms with Gasteiger partial charge in [0.25, 0.3) is 0 Å². The van der Waals surface area contributed by atoms with Crippen molar-refractivity contribution in [3.8, 4) is 0 Å². The van der Waals surface area contributed by atoms with E-state index in [1.807, 2.05) is 0 Å². The van der Waals surface area contributed by atoms with Crippen molar-refractivity contribution in [1.29, 1.82) is 0 Å². The molecule has 0 aliphatic carbocycles. The molecule has 0 bridgehead atoms. The number of hydrogen-bond acceptors (Lipinski definition) is 4. The molecule has 5 rings (SSSR count). The second-order valence-corrected chi connectivity index (χ2v) is 10.4. The third-order valence-electron chi connectivity index (χ3n) is 8.13. The van der Waals surface area contributed by atoms with Crippen LogP contribution in [0.2, 0.25) is 0 Å². The van der Waals surface area contributed by atoms with Crippen LogP contribution in [0.3, 0.4) is 0 Å². The average Bonchev–Trinajstić information content (AvgIpc) is 2.92. The first-order chi connectivity index (χ1) is 19.1. The van der Waals surface area contributed by atoms with Gasteiger partial charge < -0.3 is 21.7 Å². The molecule has 2 amide bonds. The lowest BCUT2D eigenvalue weighted by atomic mass is 9.80. The molecule has 0 aromatic heterocycles. The van der Waals surface area contributed by atoms with Crippen molar-refractivity contribution >= 4 is 66.8 Å². The van der Waals surface area contributed by atoms with Gasteiger partial charge in [-0.3, -0.25) is 9.59 Å². The number of nitrogens with two attached hydrogens (primary N) is 2. The molecule has 8 heteroatoms. The maximum atomic E-state index is 12.8. The van der Waals surface area contributed by atoms with Gasteiger partial charge in [-0.1, -0.05) is 57.7 Å². The molecule has 5 aromatic carbocycles. The van der Waals surface area contributed by atoms with Gasteiger partial charge in [-0.05, 0) is 74.5 Å². The fourth-order valence-electron chi connectivity index (χ4n) is 6.25. The Balaban J connectivity index is 2.08. The molecule has 0 heterocycles. The van der Waals surface area contributed by atoms with Crippen LogP contribution in [-0.2, 0) is 6.42 Å². The van der Waals surface area contributed by atoms with Gasteiger partial charge in [-0.2, -0.15) is 0 Å². The topological polar surface area (TPSA) is 161 Å². The zero-order valence-corrected chi connectivity index (χ0v) is 22.3. The maximum absolute atomic E-state index is 12.8. The van der Waals surface area contributed by atoms with Crippen molar-refractivity contribution in [1.82, 2.24) is 0 Å². The Bertz CT molecular complexity index is 1850. The van der Waals surface area contributed by atoms with Crippen LogP contribution in [0.1, 0.15) is 86.5 Å². The van der Waals surface area contributed by atoms with Gasteiger partial charge in [-0.15, -0.1) is 0 Å². The van der Waals surface area contributed by atoms with E-state index >= 15 is 0 Å². The minimum atomic E-state index is -1.24. The summed E-state index contributed by atoms with van der Waals surface area (Å²) in [6, 6.07) is 11.1. The average molecular weight is 539 g/mol. The van der Waals surface area contributed by atoms with Crippen molar-refractivity contribution in [2.45, 2.75) is 46.0 Å². The number of carbonyl (C=O) groups is 4. The fraction of sp³-hybridized carbons (Fsp3) is 0.250. The number of carboxylic acid groups (broad SMARTS) is 2. The molecule has 0 fully saturated rings. The number of fused-ring (bicyclic) bond motifs is 2. The molecule has 0 saturated heterocycles. The highest BCUT2D eigenvalue weighted by molar-refractivity contribution is 6.38. The summed E-state index contributed by atoms with van der Waals surface area (Å²) in [6.45, 7) is 4.25. The molecule has 40 heavy (non-hydrogen) atoms. The number of benzene rings is 5. The third kappa shape index (κ3) is 4.07. The number of carboxylic acids is 2. The Morgan fingerprint density at radius 3 is 1.73 bits per heavy atom. The van der Waals surface area contributed by atoms with E-state index < -0.39 is 23.8 Å². The van der Waals surface area contributed by atoms with Gasteiger partial charge >= 0.3 is 11.9 Å². The van der Waals surface area contributed by atoms with Gasteiger partial charge in [-0.25, -0.2) is 9.59 Å². The van der Waals surface area contributed by atoms with Crippen LogP contribution in [-0.4, -0.2) is 34.0 Å². The molecule has 0 radical (unpaired) electrons. The SMILES string of the molecule is CCCCC(CC)Cc1cc(C(N)=O)c2c(C(N)=O)ccc3c4ccc(C(=O)O)c5c(C(=O)O)ccc(c1c23)c54. The van der Waals surface area contributed by atoms with E-state index in [0.717, 1.165) is 36.6 Å². The predicted molar refractivity (Wildman–Crippen MR) is 156 cm³/mol. The standard InChI is InChI=1S/C32H30N2O6/c1-3-5-6-15(4-2)13-16-14-23(30(34)36)26-20(29(33)35)10-7-18-17-8-11-21(31(37)38)27-22(32(39)40)12-9-19(25(17)27)24(16)28(18)26/h7-12,14-15H,3-6,13H2,1-2H3,(H2,33,35)(H2,34,36)(H,37,38)(H,39,40). The van der Waals surface area contributed by atoms with Crippen LogP contribution >= 0.6 is 0 Å². The van der Waals surface area contributed by atoms with Crippen molar-refractivity contribution in [2.24, 2.45) is 17.4 Å². The second kappa shape index (κ2) is 10.1. The minimum absolute atomic E-state index is 0.115. The summed E-state index contributed by atoms with van der Waals surface area (Å²) in [7, 11) is 0. The lowest BCUT2D eigenvalue weighted by Gasteiger charge is -2.23. The summed E-state index contributed by atoms with van der Waals surface area (Å²) in [4.78, 5) is 49.9. The number of amides is 2. The molecule has 6 N–H and O–H groups in total. The Labute approximate surface area is 229 Å². The van der Waals surface area contributed by atoms with Gasteiger partial charge in [0.1, 0.15) is 0 Å². The second-order valence-electron chi connectivity index (χ2n) is 10.4. The molecule has 5 aromatic rings. The summed E-state index contributed by atoms with van der Waals surface area (Å²) in [5, 5.41) is 24.3. The third-order valence-corrected chi connectivity index (χ3v) is 8.13. The van der Waals surface area contributed by atoms with E-state index in [9.17, 15) is 29.4 Å². The first kappa shape index (κ1) is 26.9. The first-order valence-corrected chi connectivity index (χ1v) is 13.4. The molecule has 204 valence electrons. The van der Waals surface area contributed by atoms with Crippen molar-refractivity contribution in [3.05, 3.63) is 70.3 Å². The van der Waals surface area contributed by atoms with Crippen molar-refractivity contribution < 1.29 is 29.4 Å². The monoisotopic (exact) mass is 538 g/mol. The van der Waals surface area contributed by atoms with E-state index in [0.29, 0.717) is 44.7 Å². The zero-order chi connectivity index (χ0) is 28.9. The molecule has 0 spiro atoms. The van der Waals surface area contributed by atoms with Crippen LogP contribution in [0.15, 0.2) is 42.5 Å².